The van der Waals surface area contributed by atoms with E-state index in [-0.39, 0.29) is 0 Å². The molecular weight excluding hydrogens is 322 g/mol. The summed E-state index contributed by atoms with van der Waals surface area (Å²) < 4.78 is 2.01. The van der Waals surface area contributed by atoms with Gasteiger partial charge in [-0.05, 0) is 48.7 Å². The molecular formula is C20H18ClNO2. The van der Waals surface area contributed by atoms with E-state index in [1.165, 1.54) is 0 Å². The van der Waals surface area contributed by atoms with Gasteiger partial charge in [-0.25, -0.2) is 4.79 Å². The molecule has 0 aliphatic carbocycles. The fraction of sp³-hybridized carbons (Fsp3) is 0.150. The zero-order valence-electron chi connectivity index (χ0n) is 13.6. The third-order valence-corrected chi connectivity index (χ3v) is 4.46. The summed E-state index contributed by atoms with van der Waals surface area (Å²) in [6.45, 7) is 3.84. The van der Waals surface area contributed by atoms with Crippen molar-refractivity contribution < 1.29 is 9.90 Å². The monoisotopic (exact) mass is 339 g/mol. The number of hydrogen-bond acceptors (Lipinski definition) is 1. The number of carboxylic acids is 1. The summed E-state index contributed by atoms with van der Waals surface area (Å²) in [5.74, 6) is -0.894. The van der Waals surface area contributed by atoms with Crippen molar-refractivity contribution >= 4 is 17.6 Å². The Hall–Kier alpha value is -2.52. The standard InChI is InChI=1S/C20H18ClNO2/c1-3-17-18(20(23)24)13(2)22(16-11-9-15(21)10-12-16)19(17)14-7-5-4-6-8-14/h4-12H,3H2,1-2H3,(H,23,24). The first-order valence-corrected chi connectivity index (χ1v) is 8.21. The van der Waals surface area contributed by atoms with Crippen LogP contribution < -0.4 is 0 Å². The topological polar surface area (TPSA) is 42.2 Å². The van der Waals surface area contributed by atoms with Gasteiger partial charge in [0.2, 0.25) is 0 Å². The molecule has 0 atom stereocenters. The van der Waals surface area contributed by atoms with Gasteiger partial charge in [0.1, 0.15) is 0 Å². The number of carbonyl (C=O) groups is 1. The lowest BCUT2D eigenvalue weighted by molar-refractivity contribution is 0.0695. The fourth-order valence-electron chi connectivity index (χ4n) is 3.19. The van der Waals surface area contributed by atoms with Gasteiger partial charge in [0.05, 0.1) is 11.3 Å². The molecule has 0 aliphatic heterocycles. The minimum Gasteiger partial charge on any atom is -0.478 e. The first-order valence-electron chi connectivity index (χ1n) is 7.83. The number of carboxylic acid groups (broad SMARTS) is 1. The van der Waals surface area contributed by atoms with Crippen LogP contribution in [0.2, 0.25) is 5.02 Å². The molecule has 2 aromatic carbocycles. The van der Waals surface area contributed by atoms with E-state index in [4.69, 9.17) is 11.6 Å². The van der Waals surface area contributed by atoms with Crippen LogP contribution >= 0.6 is 11.6 Å². The van der Waals surface area contributed by atoms with Gasteiger partial charge in [0.25, 0.3) is 0 Å². The smallest absolute Gasteiger partial charge is 0.337 e. The zero-order valence-corrected chi connectivity index (χ0v) is 14.3. The van der Waals surface area contributed by atoms with Gasteiger partial charge in [0.15, 0.2) is 0 Å². The maximum Gasteiger partial charge on any atom is 0.337 e. The highest BCUT2D eigenvalue weighted by atomic mass is 35.5. The molecule has 24 heavy (non-hydrogen) atoms. The summed E-state index contributed by atoms with van der Waals surface area (Å²) in [5, 5.41) is 10.4. The van der Waals surface area contributed by atoms with Crippen LogP contribution in [0.4, 0.5) is 0 Å². The molecule has 0 saturated carbocycles. The van der Waals surface area contributed by atoms with Gasteiger partial charge >= 0.3 is 5.97 Å². The molecule has 0 aliphatic rings. The molecule has 0 fully saturated rings. The molecule has 0 radical (unpaired) electrons. The average Bonchev–Trinajstić information content (AvgIpc) is 2.89. The molecule has 1 aromatic heterocycles. The Balaban J connectivity index is 2.38. The number of aromatic carboxylic acids is 1. The van der Waals surface area contributed by atoms with Gasteiger partial charge in [-0.3, -0.25) is 0 Å². The number of nitrogens with zero attached hydrogens (tertiary/aromatic N) is 1. The molecule has 3 aromatic rings. The van der Waals surface area contributed by atoms with Crippen molar-refractivity contribution in [2.45, 2.75) is 20.3 Å². The number of rotatable bonds is 4. The molecule has 3 nitrogen and oxygen atoms in total. The Labute approximate surface area is 146 Å². The largest absolute Gasteiger partial charge is 0.478 e. The normalized spacial score (nSPS) is 10.8. The summed E-state index contributed by atoms with van der Waals surface area (Å²) in [6, 6.07) is 17.3. The van der Waals surface area contributed by atoms with E-state index in [1.807, 2.05) is 73.0 Å². The Morgan fingerprint density at radius 3 is 2.25 bits per heavy atom. The summed E-state index contributed by atoms with van der Waals surface area (Å²) in [6.07, 6.45) is 0.646. The molecule has 1 heterocycles. The highest BCUT2D eigenvalue weighted by molar-refractivity contribution is 6.30. The maximum absolute atomic E-state index is 11.8. The van der Waals surface area contributed by atoms with Crippen LogP contribution in [-0.4, -0.2) is 15.6 Å². The SMILES string of the molecule is CCc1c(C(=O)O)c(C)n(-c2ccc(Cl)cc2)c1-c1ccccc1. The van der Waals surface area contributed by atoms with Crippen LogP contribution in [0.1, 0.15) is 28.5 Å². The number of aromatic nitrogens is 1. The second-order valence-corrected chi connectivity index (χ2v) is 6.06. The van der Waals surface area contributed by atoms with Gasteiger partial charge in [0, 0.05) is 16.4 Å². The molecule has 0 unspecified atom stereocenters. The van der Waals surface area contributed by atoms with Crippen molar-refractivity contribution in [3.8, 4) is 16.9 Å². The summed E-state index contributed by atoms with van der Waals surface area (Å²) in [5.41, 5.74) is 4.78. The zero-order chi connectivity index (χ0) is 17.3. The van der Waals surface area contributed by atoms with Crippen LogP contribution in [0.25, 0.3) is 16.9 Å². The molecule has 0 spiro atoms. The Bertz CT molecular complexity index is 880. The summed E-state index contributed by atoms with van der Waals surface area (Å²) in [4.78, 5) is 11.8. The third-order valence-electron chi connectivity index (χ3n) is 4.21. The Kier molecular flexibility index (Phi) is 4.45. The molecule has 4 heteroatoms. The lowest BCUT2D eigenvalue weighted by Gasteiger charge is -2.13. The quantitative estimate of drug-likeness (QED) is 0.694. The van der Waals surface area contributed by atoms with Crippen molar-refractivity contribution in [1.29, 1.82) is 0 Å². The molecule has 0 amide bonds. The lowest BCUT2D eigenvalue weighted by atomic mass is 10.0. The third kappa shape index (κ3) is 2.72. The van der Waals surface area contributed by atoms with E-state index < -0.39 is 5.97 Å². The highest BCUT2D eigenvalue weighted by Gasteiger charge is 2.25. The minimum atomic E-state index is -0.894. The lowest BCUT2D eigenvalue weighted by Crippen LogP contribution is -2.02. The average molecular weight is 340 g/mol. The van der Waals surface area contributed by atoms with Gasteiger partial charge in [-0.1, -0.05) is 48.9 Å². The minimum absolute atomic E-state index is 0.381. The maximum atomic E-state index is 11.8. The van der Waals surface area contributed by atoms with Crippen LogP contribution in [0.15, 0.2) is 54.6 Å². The Morgan fingerprint density at radius 1 is 1.08 bits per heavy atom. The van der Waals surface area contributed by atoms with Gasteiger partial charge < -0.3 is 9.67 Å². The second kappa shape index (κ2) is 6.54. The van der Waals surface area contributed by atoms with E-state index in [0.29, 0.717) is 17.0 Å². The van der Waals surface area contributed by atoms with Crippen LogP contribution in [0.5, 0.6) is 0 Å². The molecule has 1 N–H and O–H groups in total. The van der Waals surface area contributed by atoms with Gasteiger partial charge in [-0.2, -0.15) is 0 Å². The second-order valence-electron chi connectivity index (χ2n) is 5.62. The number of benzene rings is 2. The predicted molar refractivity (Wildman–Crippen MR) is 97.3 cm³/mol. The number of hydrogen-bond donors (Lipinski definition) is 1. The summed E-state index contributed by atoms with van der Waals surface area (Å²) >= 11 is 6.01. The molecule has 0 saturated heterocycles. The van der Waals surface area contributed by atoms with E-state index in [0.717, 1.165) is 28.2 Å². The molecule has 3 rings (SSSR count). The van der Waals surface area contributed by atoms with Crippen molar-refractivity contribution in [2.24, 2.45) is 0 Å². The van der Waals surface area contributed by atoms with Crippen molar-refractivity contribution in [1.82, 2.24) is 4.57 Å². The van der Waals surface area contributed by atoms with Crippen LogP contribution in [0, 0.1) is 6.92 Å². The van der Waals surface area contributed by atoms with Crippen molar-refractivity contribution in [3.05, 3.63) is 76.4 Å². The fourth-order valence-corrected chi connectivity index (χ4v) is 3.32. The van der Waals surface area contributed by atoms with E-state index >= 15 is 0 Å². The molecule has 122 valence electrons. The van der Waals surface area contributed by atoms with E-state index in [9.17, 15) is 9.90 Å². The predicted octanol–water partition coefficient (Wildman–Crippen LogP) is 5.37. The van der Waals surface area contributed by atoms with E-state index in [2.05, 4.69) is 0 Å². The highest BCUT2D eigenvalue weighted by Crippen LogP contribution is 2.35. The molecule has 0 bridgehead atoms. The summed E-state index contributed by atoms with van der Waals surface area (Å²) in [7, 11) is 0. The first-order chi connectivity index (χ1) is 11.5. The van der Waals surface area contributed by atoms with Crippen LogP contribution in [0.3, 0.4) is 0 Å². The van der Waals surface area contributed by atoms with Gasteiger partial charge in [-0.15, -0.1) is 0 Å². The van der Waals surface area contributed by atoms with Crippen molar-refractivity contribution in [2.75, 3.05) is 0 Å². The van der Waals surface area contributed by atoms with E-state index in [1.54, 1.807) is 0 Å². The Morgan fingerprint density at radius 2 is 1.71 bits per heavy atom. The first kappa shape index (κ1) is 16.3. The van der Waals surface area contributed by atoms with Crippen molar-refractivity contribution in [3.63, 3.8) is 0 Å². The number of halogens is 1. The van der Waals surface area contributed by atoms with Crippen LogP contribution in [-0.2, 0) is 6.42 Å².